The second-order valence-electron chi connectivity index (χ2n) is 8.00. The van der Waals surface area contributed by atoms with Crippen molar-refractivity contribution in [3.8, 4) is 0 Å². The third kappa shape index (κ3) is 45.0. The zero-order valence-corrected chi connectivity index (χ0v) is 21.5. The fourth-order valence-electron chi connectivity index (χ4n) is 0.838. The molecule has 0 fully saturated rings. The van der Waals surface area contributed by atoms with E-state index in [-0.39, 0.29) is 8.80 Å². The van der Waals surface area contributed by atoms with Crippen molar-refractivity contribution in [3.63, 3.8) is 0 Å². The van der Waals surface area contributed by atoms with Crippen LogP contribution in [0.5, 0.6) is 0 Å². The number of hydrogen-bond donors (Lipinski definition) is 0. The predicted octanol–water partition coefficient (Wildman–Crippen LogP) is 4.69. The Kier molecular flexibility index (Phi) is 20.4. The van der Waals surface area contributed by atoms with Crippen LogP contribution in [-0.2, 0) is 0 Å². The lowest BCUT2D eigenvalue weighted by Gasteiger charge is -2.01. The van der Waals surface area contributed by atoms with Crippen LogP contribution in [0.2, 0.25) is 72.0 Å². The van der Waals surface area contributed by atoms with Gasteiger partial charge in [-0.3, -0.25) is 0 Å². The van der Waals surface area contributed by atoms with Gasteiger partial charge in [0.25, 0.3) is 0 Å². The lowest BCUT2D eigenvalue weighted by atomic mass is 10.4. The van der Waals surface area contributed by atoms with Gasteiger partial charge in [-0.1, -0.05) is 108 Å². The third-order valence-corrected chi connectivity index (χ3v) is 3.18. The number of rotatable bonds is 1. The first kappa shape index (κ1) is 26.0. The van der Waals surface area contributed by atoms with Crippen LogP contribution in [0.4, 0.5) is 0 Å². The Morgan fingerprint density at radius 2 is 1.00 bits per heavy atom. The summed E-state index contributed by atoms with van der Waals surface area (Å²) in [5.41, 5.74) is 0. The highest BCUT2D eigenvalue weighted by molar-refractivity contribution is 6.74. The molecule has 1 aromatic carbocycles. The Balaban J connectivity index is -0.000000232. The molecule has 0 aliphatic carbocycles. The second-order valence-corrected chi connectivity index (χ2v) is 21.9. The van der Waals surface area contributed by atoms with Gasteiger partial charge in [-0.15, -0.1) is 0 Å². The van der Waals surface area contributed by atoms with Crippen molar-refractivity contribution in [1.82, 2.24) is 0 Å². The third-order valence-electron chi connectivity index (χ3n) is 1.47. The molecule has 0 unspecified atom stereocenters. The molecule has 0 aromatic heterocycles. The Labute approximate surface area is 142 Å². The van der Waals surface area contributed by atoms with Crippen molar-refractivity contribution in [1.29, 1.82) is 0 Å². The summed E-state index contributed by atoms with van der Waals surface area (Å²) in [6, 6.07) is 10.7. The van der Waals surface area contributed by atoms with Crippen molar-refractivity contribution >= 4 is 40.4 Å². The van der Waals surface area contributed by atoms with Crippen molar-refractivity contribution in [3.05, 3.63) is 30.3 Å². The normalized spacial score (nSPS) is 9.76. The Bertz CT molecular complexity index is 281. The summed E-state index contributed by atoms with van der Waals surface area (Å²) >= 11 is 0. The predicted molar refractivity (Wildman–Crippen MR) is 119 cm³/mol. The smallest absolute Gasteiger partial charge is 0.0647 e. The molecule has 21 heavy (non-hydrogen) atoms. The van der Waals surface area contributed by atoms with Crippen LogP contribution in [0.1, 0.15) is 0 Å². The maximum Gasteiger partial charge on any atom is 0.0647 e. The van der Waals surface area contributed by atoms with Crippen LogP contribution in [0, 0.1) is 0 Å². The van der Waals surface area contributed by atoms with E-state index in [9.17, 15) is 0 Å². The van der Waals surface area contributed by atoms with Crippen LogP contribution in [0.15, 0.2) is 30.3 Å². The molecular weight excluding hydrogens is 317 g/mol. The first-order valence-electron chi connectivity index (χ1n) is 8.50. The van der Waals surface area contributed by atoms with Crippen LogP contribution < -0.4 is 5.19 Å². The van der Waals surface area contributed by atoms with Gasteiger partial charge >= 0.3 is 0 Å². The van der Waals surface area contributed by atoms with E-state index >= 15 is 0 Å². The highest BCUT2D eigenvalue weighted by Crippen LogP contribution is 1.94. The molecule has 4 heteroatoms. The molecule has 0 radical (unpaired) electrons. The monoisotopic (exact) mass is 358 g/mol. The largest absolute Gasteiger partial charge is 0.0750 e. The van der Waals surface area contributed by atoms with E-state index < -0.39 is 16.9 Å². The first-order chi connectivity index (χ1) is 9.45. The average molecular weight is 359 g/mol. The lowest BCUT2D eigenvalue weighted by Crippen LogP contribution is -2.21. The molecule has 0 atom stereocenters. The van der Waals surface area contributed by atoms with E-state index in [0.29, 0.717) is 9.52 Å². The van der Waals surface area contributed by atoms with Crippen LogP contribution in [-0.4, -0.2) is 35.2 Å². The first-order valence-corrected chi connectivity index (χ1v) is 21.7. The quantitative estimate of drug-likeness (QED) is 0.639. The Morgan fingerprint density at radius 3 is 1.14 bits per heavy atom. The summed E-state index contributed by atoms with van der Waals surface area (Å²) in [4.78, 5) is 0. The summed E-state index contributed by atoms with van der Waals surface area (Å²) in [7, 11) is -0.862. The molecule has 0 nitrogen and oxygen atoms in total. The van der Waals surface area contributed by atoms with E-state index in [0.717, 1.165) is 0 Å². The van der Waals surface area contributed by atoms with Crippen LogP contribution in [0.3, 0.4) is 0 Å². The summed E-state index contributed by atoms with van der Waals surface area (Å²) in [5.74, 6) is 0. The fraction of sp³-hybridized carbons (Fsp3) is 0.647. The molecule has 1 rings (SSSR count). The molecule has 0 heterocycles. The minimum Gasteiger partial charge on any atom is -0.0750 e. The van der Waals surface area contributed by atoms with Gasteiger partial charge in [0, 0.05) is 26.4 Å². The van der Waals surface area contributed by atoms with Crippen LogP contribution >= 0.6 is 0 Å². The summed E-state index contributed by atoms with van der Waals surface area (Å²) in [6.07, 6.45) is 0. The summed E-state index contributed by atoms with van der Waals surface area (Å²) in [6.45, 7) is 25.4. The minimum absolute atomic E-state index is 0.139. The molecule has 0 amide bonds. The summed E-state index contributed by atoms with van der Waals surface area (Å²) < 4.78 is 0. The highest BCUT2D eigenvalue weighted by Gasteiger charge is 1.99. The van der Waals surface area contributed by atoms with E-state index in [2.05, 4.69) is 102 Å². The summed E-state index contributed by atoms with van der Waals surface area (Å²) in [5, 5.41) is 1.55. The van der Waals surface area contributed by atoms with Gasteiger partial charge in [-0.05, 0) is 0 Å². The zero-order valence-electron chi connectivity index (χ0n) is 16.7. The van der Waals surface area contributed by atoms with Crippen LogP contribution in [0.25, 0.3) is 0 Å². The van der Waals surface area contributed by atoms with E-state index in [4.69, 9.17) is 0 Å². The van der Waals surface area contributed by atoms with E-state index in [1.54, 1.807) is 5.19 Å². The second kappa shape index (κ2) is 16.5. The van der Waals surface area contributed by atoms with Gasteiger partial charge < -0.3 is 0 Å². The van der Waals surface area contributed by atoms with E-state index in [1.165, 1.54) is 0 Å². The van der Waals surface area contributed by atoms with Gasteiger partial charge in [0.15, 0.2) is 0 Å². The lowest BCUT2D eigenvalue weighted by molar-refractivity contribution is 1.71. The van der Waals surface area contributed by atoms with Crippen molar-refractivity contribution in [2.75, 3.05) is 0 Å². The maximum absolute atomic E-state index is 2.34. The molecule has 0 aliphatic rings. The molecule has 0 saturated heterocycles. The fourth-order valence-corrected chi connectivity index (χ4v) is 1.83. The zero-order chi connectivity index (χ0) is 17.5. The molecule has 0 aliphatic heterocycles. The van der Waals surface area contributed by atoms with Gasteiger partial charge in [-0.25, -0.2) is 0 Å². The van der Waals surface area contributed by atoms with Gasteiger partial charge in [0.1, 0.15) is 0 Å². The average Bonchev–Trinajstić information content (AvgIpc) is 2.28. The van der Waals surface area contributed by atoms with Gasteiger partial charge in [-0.2, -0.15) is 0 Å². The van der Waals surface area contributed by atoms with Crippen molar-refractivity contribution in [2.45, 2.75) is 72.0 Å². The minimum atomic E-state index is -0.611. The molecule has 0 bridgehead atoms. The van der Waals surface area contributed by atoms with Gasteiger partial charge in [0.2, 0.25) is 0 Å². The van der Waals surface area contributed by atoms with E-state index in [1.807, 2.05) is 0 Å². The molecular formula is C17H42Si4. The molecule has 126 valence electrons. The van der Waals surface area contributed by atoms with Gasteiger partial charge in [0.05, 0.1) is 8.80 Å². The number of hydrogen-bond acceptors (Lipinski definition) is 0. The number of benzene rings is 1. The van der Waals surface area contributed by atoms with Crippen molar-refractivity contribution in [2.24, 2.45) is 0 Å². The maximum atomic E-state index is 2.34. The molecule has 1 aromatic rings. The molecule has 0 N–H and O–H groups in total. The highest BCUT2D eigenvalue weighted by atomic mass is 28.3. The Hall–Kier alpha value is 0.0875. The topological polar surface area (TPSA) is 0 Å². The standard InChI is InChI=1S/C8H12Si.C4H12Si.C3H10Si.C2H8Si/c1-9(2)8-6-4-3-5-7-8;1-5(2,3)4;1-4(2)3;1-3-2/h3-7,9H,1-2H3;1-4H3;4H,1-3H3;3H2,1-2H3. The Morgan fingerprint density at radius 1 is 0.762 bits per heavy atom. The SMILES string of the molecule is C[SiH2]C.C[SiH](C)C.C[SiH](C)c1ccccc1.C[Si](C)(C)C. The molecule has 0 spiro atoms. The molecule has 0 saturated carbocycles. The van der Waals surface area contributed by atoms with Crippen molar-refractivity contribution < 1.29 is 0 Å².